The fourth-order valence-electron chi connectivity index (χ4n) is 3.81. The van der Waals surface area contributed by atoms with Crippen molar-refractivity contribution < 1.29 is 4.79 Å². The lowest BCUT2D eigenvalue weighted by atomic mass is 9.70. The van der Waals surface area contributed by atoms with E-state index in [1.807, 2.05) is 30.9 Å². The van der Waals surface area contributed by atoms with Crippen LogP contribution in [0.15, 0.2) is 41.8 Å². The summed E-state index contributed by atoms with van der Waals surface area (Å²) in [5.41, 5.74) is 3.70. The number of nitrogens with one attached hydrogen (secondary N) is 1. The number of thiazole rings is 1. The number of benzene rings is 1. The molecule has 3 aromatic rings. The number of aryl methyl sites for hydroxylation is 2. The maximum atomic E-state index is 12.7. The highest BCUT2D eigenvalue weighted by Crippen LogP contribution is 2.42. The molecule has 5 nitrogen and oxygen atoms in total. The Labute approximate surface area is 157 Å². The Bertz CT molecular complexity index is 907. The molecule has 134 valence electrons. The Morgan fingerprint density at radius 1 is 1.19 bits per heavy atom. The minimum Gasteiger partial charge on any atom is -0.337 e. The van der Waals surface area contributed by atoms with Gasteiger partial charge in [-0.05, 0) is 38.3 Å². The Kier molecular flexibility index (Phi) is 4.36. The third-order valence-electron chi connectivity index (χ3n) is 5.26. The number of carbonyl (C=O) groups is 1. The summed E-state index contributed by atoms with van der Waals surface area (Å²) in [5.74, 6) is 0.00506. The third kappa shape index (κ3) is 2.94. The van der Waals surface area contributed by atoms with E-state index in [2.05, 4.69) is 39.8 Å². The molecule has 1 fully saturated rings. The van der Waals surface area contributed by atoms with E-state index in [1.165, 1.54) is 5.56 Å². The molecule has 0 bridgehead atoms. The second-order valence-corrected chi connectivity index (χ2v) is 7.99. The lowest BCUT2D eigenvalue weighted by Gasteiger charge is -2.41. The van der Waals surface area contributed by atoms with Gasteiger partial charge in [-0.3, -0.25) is 9.89 Å². The van der Waals surface area contributed by atoms with E-state index in [1.54, 1.807) is 11.3 Å². The molecule has 1 amide bonds. The summed E-state index contributed by atoms with van der Waals surface area (Å²) >= 11 is 1.69. The van der Waals surface area contributed by atoms with E-state index in [0.717, 1.165) is 29.2 Å². The molecule has 1 saturated heterocycles. The number of H-pyrrole nitrogens is 1. The van der Waals surface area contributed by atoms with Crippen molar-refractivity contribution in [2.75, 3.05) is 13.1 Å². The minimum absolute atomic E-state index is 0.00506. The molecule has 0 saturated carbocycles. The number of amides is 1. The number of aromatic amines is 1. The highest BCUT2D eigenvalue weighted by Gasteiger charge is 2.40. The van der Waals surface area contributed by atoms with Crippen molar-refractivity contribution in [3.63, 3.8) is 0 Å². The predicted molar refractivity (Wildman–Crippen MR) is 103 cm³/mol. The van der Waals surface area contributed by atoms with Crippen LogP contribution in [0, 0.1) is 13.8 Å². The Morgan fingerprint density at radius 3 is 2.50 bits per heavy atom. The monoisotopic (exact) mass is 366 g/mol. The molecule has 1 aliphatic heterocycles. The molecule has 0 atom stereocenters. The lowest BCUT2D eigenvalue weighted by Crippen LogP contribution is -2.46. The predicted octanol–water partition coefficient (Wildman–Crippen LogP) is 3.71. The summed E-state index contributed by atoms with van der Waals surface area (Å²) in [4.78, 5) is 19.5. The minimum atomic E-state index is -0.121. The average molecular weight is 366 g/mol. The van der Waals surface area contributed by atoms with E-state index in [9.17, 15) is 4.79 Å². The van der Waals surface area contributed by atoms with Crippen molar-refractivity contribution >= 4 is 17.2 Å². The van der Waals surface area contributed by atoms with Gasteiger partial charge in [-0.25, -0.2) is 4.98 Å². The molecule has 1 aliphatic rings. The zero-order chi connectivity index (χ0) is 18.1. The Hall–Kier alpha value is -2.47. The summed E-state index contributed by atoms with van der Waals surface area (Å²) in [6, 6.07) is 12.4. The van der Waals surface area contributed by atoms with Crippen LogP contribution >= 0.6 is 11.3 Å². The van der Waals surface area contributed by atoms with Gasteiger partial charge in [0.05, 0.1) is 10.7 Å². The molecule has 0 unspecified atom stereocenters. The van der Waals surface area contributed by atoms with Crippen LogP contribution in [0.3, 0.4) is 0 Å². The molecular formula is C20H22N4OS. The summed E-state index contributed by atoms with van der Waals surface area (Å²) in [6.07, 6.45) is 1.74. The Balaban J connectivity index is 1.61. The highest BCUT2D eigenvalue weighted by atomic mass is 32.1. The molecule has 1 aromatic carbocycles. The first kappa shape index (κ1) is 17.0. The number of likely N-dealkylation sites (tertiary alicyclic amines) is 1. The van der Waals surface area contributed by atoms with Gasteiger partial charge in [0.2, 0.25) is 0 Å². The number of hydrogen-bond donors (Lipinski definition) is 1. The second kappa shape index (κ2) is 6.68. The van der Waals surface area contributed by atoms with Gasteiger partial charge >= 0.3 is 0 Å². The lowest BCUT2D eigenvalue weighted by molar-refractivity contribution is 0.0678. The smallest absolute Gasteiger partial charge is 0.274 e. The average Bonchev–Trinajstić information content (AvgIpc) is 3.31. The number of aromatic nitrogens is 3. The van der Waals surface area contributed by atoms with Crippen LogP contribution < -0.4 is 0 Å². The van der Waals surface area contributed by atoms with Crippen molar-refractivity contribution in [1.82, 2.24) is 20.1 Å². The van der Waals surface area contributed by atoms with Crippen molar-refractivity contribution in [1.29, 1.82) is 0 Å². The normalized spacial score (nSPS) is 16.6. The molecule has 2 aromatic heterocycles. The van der Waals surface area contributed by atoms with Crippen molar-refractivity contribution in [3.05, 3.63) is 69.4 Å². The van der Waals surface area contributed by atoms with Crippen LogP contribution in [-0.2, 0) is 5.41 Å². The van der Waals surface area contributed by atoms with Gasteiger partial charge in [-0.15, -0.1) is 11.3 Å². The fourth-order valence-corrected chi connectivity index (χ4v) is 4.53. The van der Waals surface area contributed by atoms with E-state index in [4.69, 9.17) is 4.98 Å². The topological polar surface area (TPSA) is 61.9 Å². The summed E-state index contributed by atoms with van der Waals surface area (Å²) in [5, 5.41) is 10.2. The molecular weight excluding hydrogens is 344 g/mol. The maximum absolute atomic E-state index is 12.7. The van der Waals surface area contributed by atoms with Gasteiger partial charge in [0.25, 0.3) is 5.91 Å². The first-order valence-electron chi connectivity index (χ1n) is 8.88. The zero-order valence-corrected chi connectivity index (χ0v) is 15.8. The van der Waals surface area contributed by atoms with Crippen molar-refractivity contribution in [3.8, 4) is 0 Å². The SMILES string of the molecule is Cc1cc(C(=O)N2CCC(c3ccccc3)(c3csc(C)n3)CC2)n[nH]1. The van der Waals surface area contributed by atoms with Crippen LogP contribution in [0.4, 0.5) is 0 Å². The number of rotatable bonds is 3. The van der Waals surface area contributed by atoms with Gasteiger partial charge in [-0.2, -0.15) is 5.10 Å². The molecule has 0 aliphatic carbocycles. The quantitative estimate of drug-likeness (QED) is 0.769. The highest BCUT2D eigenvalue weighted by molar-refractivity contribution is 7.09. The van der Waals surface area contributed by atoms with Gasteiger partial charge in [0, 0.05) is 29.6 Å². The van der Waals surface area contributed by atoms with Crippen LogP contribution in [0.2, 0.25) is 0 Å². The summed E-state index contributed by atoms with van der Waals surface area (Å²) < 4.78 is 0. The fraction of sp³-hybridized carbons (Fsp3) is 0.350. The van der Waals surface area contributed by atoms with Crippen molar-refractivity contribution in [2.45, 2.75) is 32.1 Å². The molecule has 0 radical (unpaired) electrons. The second-order valence-electron chi connectivity index (χ2n) is 6.93. The van der Waals surface area contributed by atoms with E-state index in [0.29, 0.717) is 18.8 Å². The molecule has 0 spiro atoms. The summed E-state index contributed by atoms with van der Waals surface area (Å²) in [6.45, 7) is 5.36. The number of piperidine rings is 1. The number of carbonyl (C=O) groups excluding carboxylic acids is 1. The van der Waals surface area contributed by atoms with Crippen LogP contribution in [0.1, 0.15) is 45.3 Å². The van der Waals surface area contributed by atoms with Crippen LogP contribution in [0.25, 0.3) is 0 Å². The van der Waals surface area contributed by atoms with Crippen LogP contribution in [-0.4, -0.2) is 39.1 Å². The maximum Gasteiger partial charge on any atom is 0.274 e. The molecule has 1 N–H and O–H groups in total. The van der Waals surface area contributed by atoms with E-state index >= 15 is 0 Å². The van der Waals surface area contributed by atoms with Crippen molar-refractivity contribution in [2.24, 2.45) is 0 Å². The van der Waals surface area contributed by atoms with Gasteiger partial charge < -0.3 is 4.90 Å². The first-order chi connectivity index (χ1) is 12.6. The molecule has 4 rings (SSSR count). The van der Waals surface area contributed by atoms with Gasteiger partial charge in [0.15, 0.2) is 0 Å². The standard InChI is InChI=1S/C20H22N4OS/c1-14-12-17(23-22-14)19(25)24-10-8-20(9-11-24,16-6-4-3-5-7-16)18-13-26-15(2)21-18/h3-7,12-13H,8-11H2,1-2H3,(H,22,23). The Morgan fingerprint density at radius 2 is 1.92 bits per heavy atom. The molecule has 6 heteroatoms. The van der Waals surface area contributed by atoms with E-state index in [-0.39, 0.29) is 11.3 Å². The zero-order valence-electron chi connectivity index (χ0n) is 15.0. The van der Waals surface area contributed by atoms with Crippen LogP contribution in [0.5, 0.6) is 0 Å². The summed E-state index contributed by atoms with van der Waals surface area (Å²) in [7, 11) is 0. The van der Waals surface area contributed by atoms with Gasteiger partial charge in [0.1, 0.15) is 5.69 Å². The van der Waals surface area contributed by atoms with Gasteiger partial charge in [-0.1, -0.05) is 30.3 Å². The largest absolute Gasteiger partial charge is 0.337 e. The van der Waals surface area contributed by atoms with E-state index < -0.39 is 0 Å². The molecule has 26 heavy (non-hydrogen) atoms. The number of nitrogens with zero attached hydrogens (tertiary/aromatic N) is 3. The number of hydrogen-bond acceptors (Lipinski definition) is 4. The first-order valence-corrected chi connectivity index (χ1v) is 9.76. The molecule has 3 heterocycles. The third-order valence-corrected chi connectivity index (χ3v) is 6.04.